The van der Waals surface area contributed by atoms with Crippen LogP contribution in [0, 0.1) is 0 Å². The van der Waals surface area contributed by atoms with Crippen LogP contribution in [0.4, 0.5) is 0 Å². The van der Waals surface area contributed by atoms with Gasteiger partial charge < -0.3 is 5.11 Å². The summed E-state index contributed by atoms with van der Waals surface area (Å²) in [5.74, 6) is -1.24. The fraction of sp³-hybridized carbons (Fsp3) is 0.143. The largest absolute Gasteiger partial charge is 0.476 e. The molecule has 0 saturated carbocycles. The molecule has 1 N–H and O–H groups in total. The summed E-state index contributed by atoms with van der Waals surface area (Å²) < 4.78 is 0. The van der Waals surface area contributed by atoms with Crippen molar-refractivity contribution in [3.05, 3.63) is 24.4 Å². The summed E-state index contributed by atoms with van der Waals surface area (Å²) in [4.78, 5) is 22.9. The maximum atomic E-state index is 10.2. The Bertz CT molecular complexity index is 232. The number of carbonyl (C=O) groups excluding carboxylic acids is 1. The van der Waals surface area contributed by atoms with Gasteiger partial charge in [0.05, 0.1) is 0 Å². The number of carboxylic acid groups (broad SMARTS) is 1. The molecule has 0 aromatic heterocycles. The highest BCUT2D eigenvalue weighted by atomic mass is 16.4. The molecule has 0 rings (SSSR count). The molecule has 0 aromatic carbocycles. The monoisotopic (exact) mass is 153 g/mol. The van der Waals surface area contributed by atoms with Crippen molar-refractivity contribution in [2.24, 2.45) is 4.99 Å². The third-order valence-corrected chi connectivity index (χ3v) is 0.863. The molecule has 4 heteroatoms. The number of hydrogen-bond acceptors (Lipinski definition) is 3. The number of rotatable bonds is 4. The molecule has 0 unspecified atom stereocenters. The summed E-state index contributed by atoms with van der Waals surface area (Å²) in [5, 5.41) is 8.36. The van der Waals surface area contributed by atoms with Gasteiger partial charge >= 0.3 is 5.97 Å². The fourth-order valence-corrected chi connectivity index (χ4v) is 0.425. The summed E-state index contributed by atoms with van der Waals surface area (Å²) in [7, 11) is 0. The predicted molar refractivity (Wildman–Crippen MR) is 38.7 cm³/mol. The van der Waals surface area contributed by atoms with Crippen LogP contribution >= 0.6 is 0 Å². The molecular weight excluding hydrogens is 146 g/mol. The Morgan fingerprint density at radius 1 is 1.73 bits per heavy atom. The number of aliphatic carboxylic acids is 1. The molecule has 0 spiro atoms. The number of carboxylic acids is 1. The normalized spacial score (nSPS) is 10.0. The van der Waals surface area contributed by atoms with E-state index in [1.165, 1.54) is 12.2 Å². The lowest BCUT2D eigenvalue weighted by Crippen LogP contribution is -1.96. The predicted octanol–water partition coefficient (Wildman–Crippen LogP) is 0.867. The van der Waals surface area contributed by atoms with E-state index in [0.29, 0.717) is 6.42 Å². The van der Waals surface area contributed by atoms with Crippen LogP contribution in [0.25, 0.3) is 0 Å². The van der Waals surface area contributed by atoms with Crippen molar-refractivity contribution in [1.29, 1.82) is 0 Å². The number of hydrogen-bond donors (Lipinski definition) is 1. The van der Waals surface area contributed by atoms with Crippen molar-refractivity contribution in [2.75, 3.05) is 0 Å². The van der Waals surface area contributed by atoms with Gasteiger partial charge in [-0.15, -0.1) is 6.58 Å². The molecule has 0 aromatic rings. The van der Waals surface area contributed by atoms with Crippen molar-refractivity contribution >= 4 is 12.0 Å². The molecule has 0 atom stereocenters. The second kappa shape index (κ2) is 5.14. The van der Waals surface area contributed by atoms with Crippen LogP contribution in [0.1, 0.15) is 6.42 Å². The first-order valence-corrected chi connectivity index (χ1v) is 2.84. The van der Waals surface area contributed by atoms with E-state index in [1.807, 2.05) is 0 Å². The van der Waals surface area contributed by atoms with E-state index in [2.05, 4.69) is 11.6 Å². The zero-order chi connectivity index (χ0) is 8.69. The Kier molecular flexibility index (Phi) is 4.36. The third kappa shape index (κ3) is 3.83. The van der Waals surface area contributed by atoms with Crippen LogP contribution in [-0.4, -0.2) is 17.2 Å². The van der Waals surface area contributed by atoms with E-state index in [1.54, 1.807) is 0 Å². The first kappa shape index (κ1) is 9.33. The molecule has 0 heterocycles. The summed E-state index contributed by atoms with van der Waals surface area (Å²) >= 11 is 0. The quantitative estimate of drug-likeness (QED) is 0.282. The van der Waals surface area contributed by atoms with Gasteiger partial charge in [-0.3, -0.25) is 0 Å². The van der Waals surface area contributed by atoms with Gasteiger partial charge in [0.15, 0.2) is 5.70 Å². The van der Waals surface area contributed by atoms with Crippen molar-refractivity contribution < 1.29 is 14.7 Å². The molecule has 0 radical (unpaired) electrons. The molecule has 0 fully saturated rings. The summed E-state index contributed by atoms with van der Waals surface area (Å²) in [5.41, 5.74) is -0.306. The van der Waals surface area contributed by atoms with E-state index in [0.717, 1.165) is 6.08 Å². The summed E-state index contributed by atoms with van der Waals surface area (Å²) in [6.07, 6.45) is 4.30. The van der Waals surface area contributed by atoms with Gasteiger partial charge in [0.25, 0.3) is 0 Å². The van der Waals surface area contributed by atoms with Crippen LogP contribution in [0.2, 0.25) is 0 Å². The van der Waals surface area contributed by atoms with Crippen molar-refractivity contribution in [3.8, 4) is 0 Å². The lowest BCUT2D eigenvalue weighted by Gasteiger charge is -1.87. The van der Waals surface area contributed by atoms with E-state index in [4.69, 9.17) is 5.11 Å². The Balaban J connectivity index is 4.44. The highest BCUT2D eigenvalue weighted by Crippen LogP contribution is 1.97. The topological polar surface area (TPSA) is 66.7 Å². The third-order valence-electron chi connectivity index (χ3n) is 0.863. The van der Waals surface area contributed by atoms with Gasteiger partial charge in [-0.25, -0.2) is 9.59 Å². The lowest BCUT2D eigenvalue weighted by molar-refractivity contribution is -0.132. The van der Waals surface area contributed by atoms with Gasteiger partial charge in [-0.2, -0.15) is 4.99 Å². The standard InChI is InChI=1S/C7H7NO3/c1-2-3-4-6(7(10)11)8-5-9/h2,4H,1,3H2,(H,10,11)/b6-4+. The second-order valence-electron chi connectivity index (χ2n) is 1.62. The van der Waals surface area contributed by atoms with Crippen LogP contribution < -0.4 is 0 Å². The fourth-order valence-electron chi connectivity index (χ4n) is 0.425. The van der Waals surface area contributed by atoms with Crippen LogP contribution in [-0.2, 0) is 9.59 Å². The summed E-state index contributed by atoms with van der Waals surface area (Å²) in [6.45, 7) is 3.37. The minimum Gasteiger partial charge on any atom is -0.476 e. The Morgan fingerprint density at radius 3 is 2.73 bits per heavy atom. The SMILES string of the molecule is C=CC/C=C(/N=C=O)C(=O)O. The van der Waals surface area contributed by atoms with Gasteiger partial charge in [-0.05, 0) is 12.5 Å². The van der Waals surface area contributed by atoms with E-state index in [9.17, 15) is 9.59 Å². The molecule has 0 amide bonds. The van der Waals surface area contributed by atoms with Gasteiger partial charge in [0, 0.05) is 0 Å². The Hall–Kier alpha value is -1.67. The van der Waals surface area contributed by atoms with Crippen LogP contribution in [0.3, 0.4) is 0 Å². The minimum atomic E-state index is -1.24. The molecule has 4 nitrogen and oxygen atoms in total. The first-order chi connectivity index (χ1) is 5.22. The second-order valence-corrected chi connectivity index (χ2v) is 1.62. The van der Waals surface area contributed by atoms with Gasteiger partial charge in [0.1, 0.15) is 0 Å². The number of carbonyl (C=O) groups is 1. The zero-order valence-corrected chi connectivity index (χ0v) is 5.78. The Labute approximate surface area is 63.6 Å². The molecule has 0 aliphatic carbocycles. The maximum absolute atomic E-state index is 10.2. The smallest absolute Gasteiger partial charge is 0.355 e. The molecule has 11 heavy (non-hydrogen) atoms. The average molecular weight is 153 g/mol. The number of isocyanates is 1. The number of aliphatic imine (C=N–C) groups is 1. The van der Waals surface area contributed by atoms with Crippen LogP contribution in [0.5, 0.6) is 0 Å². The molecule has 0 saturated heterocycles. The van der Waals surface area contributed by atoms with E-state index in [-0.39, 0.29) is 5.70 Å². The highest BCUT2D eigenvalue weighted by Gasteiger charge is 2.02. The van der Waals surface area contributed by atoms with Crippen molar-refractivity contribution in [3.63, 3.8) is 0 Å². The molecule has 0 bridgehead atoms. The minimum absolute atomic E-state index is 0.306. The lowest BCUT2D eigenvalue weighted by atomic mass is 10.3. The molecular formula is C7H7NO3. The first-order valence-electron chi connectivity index (χ1n) is 2.84. The molecule has 0 aliphatic heterocycles. The zero-order valence-electron chi connectivity index (χ0n) is 5.78. The highest BCUT2D eigenvalue weighted by molar-refractivity contribution is 5.87. The van der Waals surface area contributed by atoms with Gasteiger partial charge in [-0.1, -0.05) is 6.08 Å². The van der Waals surface area contributed by atoms with Crippen molar-refractivity contribution in [1.82, 2.24) is 0 Å². The molecule has 58 valence electrons. The maximum Gasteiger partial charge on any atom is 0.355 e. The number of allylic oxidation sites excluding steroid dienone is 2. The van der Waals surface area contributed by atoms with E-state index >= 15 is 0 Å². The summed E-state index contributed by atoms with van der Waals surface area (Å²) in [6, 6.07) is 0. The Morgan fingerprint density at radius 2 is 2.36 bits per heavy atom. The van der Waals surface area contributed by atoms with Gasteiger partial charge in [0.2, 0.25) is 6.08 Å². The van der Waals surface area contributed by atoms with Crippen LogP contribution in [0.15, 0.2) is 29.4 Å². The van der Waals surface area contributed by atoms with Crippen molar-refractivity contribution in [2.45, 2.75) is 6.42 Å². The van der Waals surface area contributed by atoms with E-state index < -0.39 is 5.97 Å². The average Bonchev–Trinajstić information content (AvgIpc) is 1.97. The molecule has 0 aliphatic rings. The number of nitrogens with zero attached hydrogens (tertiary/aromatic N) is 1.